The van der Waals surface area contributed by atoms with Crippen LogP contribution in [0.4, 0.5) is 0 Å². The van der Waals surface area contributed by atoms with Crippen molar-refractivity contribution in [3.05, 3.63) is 86.6 Å². The Kier molecular flexibility index (Phi) is 5.61. The van der Waals surface area contributed by atoms with Gasteiger partial charge in [-0.15, -0.1) is 0 Å². The lowest BCUT2D eigenvalue weighted by Gasteiger charge is -2.11. The summed E-state index contributed by atoms with van der Waals surface area (Å²) in [6.07, 6.45) is 1.69. The molecule has 1 N–H and O–H groups in total. The van der Waals surface area contributed by atoms with E-state index in [0.29, 0.717) is 5.56 Å². The maximum atomic E-state index is 12.2. The van der Waals surface area contributed by atoms with Crippen molar-refractivity contribution in [3.63, 3.8) is 0 Å². The molecule has 0 bridgehead atoms. The molecule has 0 fully saturated rings. The summed E-state index contributed by atoms with van der Waals surface area (Å²) in [7, 11) is 0. The minimum Gasteiger partial charge on any atom is -0.318 e. The zero-order chi connectivity index (χ0) is 19.6. The minimum atomic E-state index is -0.234. The summed E-state index contributed by atoms with van der Waals surface area (Å²) in [6, 6.07) is 15.7. The van der Waals surface area contributed by atoms with Gasteiger partial charge in [-0.05, 0) is 81.3 Å². The fourth-order valence-electron chi connectivity index (χ4n) is 3.22. The first-order valence-corrected chi connectivity index (χ1v) is 9.51. The SMILES string of the molecule is Cc1cc(C)cc(-n2c(C)cc(/C=N\NC(=O)c3ccc(Br)cc3)c2C)c1. The topological polar surface area (TPSA) is 46.4 Å². The van der Waals surface area contributed by atoms with Crippen LogP contribution in [0.25, 0.3) is 5.69 Å². The molecular weight excluding hydrogens is 402 g/mol. The molecule has 0 aliphatic carbocycles. The zero-order valence-electron chi connectivity index (χ0n) is 15.9. The van der Waals surface area contributed by atoms with Crippen molar-refractivity contribution in [2.24, 2.45) is 5.10 Å². The van der Waals surface area contributed by atoms with Crippen LogP contribution in [0.5, 0.6) is 0 Å². The fraction of sp³-hybridized carbons (Fsp3) is 0.182. The second-order valence-corrected chi connectivity index (χ2v) is 7.63. The summed E-state index contributed by atoms with van der Waals surface area (Å²) < 4.78 is 3.14. The molecule has 0 radical (unpaired) electrons. The first kappa shape index (κ1) is 19.1. The number of aryl methyl sites for hydroxylation is 3. The van der Waals surface area contributed by atoms with Gasteiger partial charge in [-0.1, -0.05) is 22.0 Å². The van der Waals surface area contributed by atoms with Gasteiger partial charge in [0.15, 0.2) is 0 Å². The Bertz CT molecular complexity index is 997. The van der Waals surface area contributed by atoms with Crippen LogP contribution >= 0.6 is 15.9 Å². The van der Waals surface area contributed by atoms with Crippen molar-refractivity contribution < 1.29 is 4.79 Å². The molecule has 138 valence electrons. The molecule has 1 amide bonds. The Hall–Kier alpha value is -2.66. The Morgan fingerprint density at radius 2 is 1.63 bits per heavy atom. The Morgan fingerprint density at radius 3 is 2.26 bits per heavy atom. The molecule has 0 unspecified atom stereocenters. The highest BCUT2D eigenvalue weighted by Gasteiger charge is 2.10. The smallest absolute Gasteiger partial charge is 0.271 e. The standard InChI is InChI=1S/C22H22BrN3O/c1-14-9-15(2)11-21(10-14)26-16(3)12-19(17(26)4)13-24-25-22(27)18-5-7-20(23)8-6-18/h5-13H,1-4H3,(H,25,27)/b24-13-. The highest BCUT2D eigenvalue weighted by atomic mass is 79.9. The van der Waals surface area contributed by atoms with Crippen molar-refractivity contribution in [1.82, 2.24) is 9.99 Å². The number of halogens is 1. The average Bonchev–Trinajstić information content (AvgIpc) is 2.88. The summed E-state index contributed by atoms with van der Waals surface area (Å²) in [5.41, 5.74) is 9.94. The average molecular weight is 424 g/mol. The number of aromatic nitrogens is 1. The van der Waals surface area contributed by atoms with Gasteiger partial charge in [0.05, 0.1) is 6.21 Å². The fourth-order valence-corrected chi connectivity index (χ4v) is 3.49. The molecule has 3 rings (SSSR count). The van der Waals surface area contributed by atoms with Gasteiger partial charge in [-0.3, -0.25) is 4.79 Å². The monoisotopic (exact) mass is 423 g/mol. The predicted octanol–water partition coefficient (Wildman–Crippen LogP) is 5.24. The van der Waals surface area contributed by atoms with Crippen molar-refractivity contribution in [2.45, 2.75) is 27.7 Å². The molecule has 3 aromatic rings. The van der Waals surface area contributed by atoms with E-state index < -0.39 is 0 Å². The van der Waals surface area contributed by atoms with Crippen molar-refractivity contribution in [2.75, 3.05) is 0 Å². The van der Waals surface area contributed by atoms with Gasteiger partial charge >= 0.3 is 0 Å². The van der Waals surface area contributed by atoms with Gasteiger partial charge in [0.2, 0.25) is 0 Å². The number of hydrogen-bond donors (Lipinski definition) is 1. The van der Waals surface area contributed by atoms with E-state index in [9.17, 15) is 4.79 Å². The van der Waals surface area contributed by atoms with Gasteiger partial charge < -0.3 is 4.57 Å². The van der Waals surface area contributed by atoms with Crippen molar-refractivity contribution in [1.29, 1.82) is 0 Å². The van der Waals surface area contributed by atoms with E-state index in [1.807, 2.05) is 12.1 Å². The van der Waals surface area contributed by atoms with Crippen LogP contribution in [-0.2, 0) is 0 Å². The summed E-state index contributed by atoms with van der Waals surface area (Å²) in [6.45, 7) is 8.33. The molecule has 2 aromatic carbocycles. The molecular formula is C22H22BrN3O. The third-order valence-corrected chi connectivity index (χ3v) is 4.94. The van der Waals surface area contributed by atoms with Gasteiger partial charge in [-0.2, -0.15) is 5.10 Å². The lowest BCUT2D eigenvalue weighted by Crippen LogP contribution is -2.17. The van der Waals surface area contributed by atoms with E-state index in [2.05, 4.69) is 83.0 Å². The lowest BCUT2D eigenvalue weighted by atomic mass is 10.1. The molecule has 0 atom stereocenters. The predicted molar refractivity (Wildman–Crippen MR) is 114 cm³/mol. The Morgan fingerprint density at radius 1 is 1.00 bits per heavy atom. The van der Waals surface area contributed by atoms with Crippen molar-refractivity contribution in [3.8, 4) is 5.69 Å². The number of hydrazone groups is 1. The van der Waals surface area contributed by atoms with Gasteiger partial charge in [-0.25, -0.2) is 5.43 Å². The van der Waals surface area contributed by atoms with E-state index in [1.165, 1.54) is 11.1 Å². The maximum Gasteiger partial charge on any atom is 0.271 e. The quantitative estimate of drug-likeness (QED) is 0.452. The van der Waals surface area contributed by atoms with Crippen LogP contribution in [0.2, 0.25) is 0 Å². The van der Waals surface area contributed by atoms with Crippen LogP contribution in [0.3, 0.4) is 0 Å². The van der Waals surface area contributed by atoms with E-state index in [0.717, 1.165) is 27.1 Å². The Balaban J connectivity index is 1.81. The molecule has 4 nitrogen and oxygen atoms in total. The van der Waals surface area contributed by atoms with E-state index in [-0.39, 0.29) is 5.91 Å². The maximum absolute atomic E-state index is 12.2. The normalized spacial score (nSPS) is 11.1. The second-order valence-electron chi connectivity index (χ2n) is 6.71. The third-order valence-electron chi connectivity index (χ3n) is 4.41. The molecule has 1 aromatic heterocycles. The first-order chi connectivity index (χ1) is 12.8. The molecule has 0 aliphatic rings. The van der Waals surface area contributed by atoms with Gasteiger partial charge in [0.1, 0.15) is 0 Å². The molecule has 0 saturated carbocycles. The lowest BCUT2D eigenvalue weighted by molar-refractivity contribution is 0.0955. The van der Waals surface area contributed by atoms with Gasteiger partial charge in [0.25, 0.3) is 5.91 Å². The molecule has 0 aliphatic heterocycles. The number of carbonyl (C=O) groups is 1. The van der Waals surface area contributed by atoms with E-state index in [1.54, 1.807) is 18.3 Å². The van der Waals surface area contributed by atoms with Crippen LogP contribution in [0, 0.1) is 27.7 Å². The number of benzene rings is 2. The number of carbonyl (C=O) groups excluding carboxylic acids is 1. The van der Waals surface area contributed by atoms with E-state index >= 15 is 0 Å². The second kappa shape index (κ2) is 7.92. The number of nitrogens with zero attached hydrogens (tertiary/aromatic N) is 2. The summed E-state index contributed by atoms with van der Waals surface area (Å²) in [5, 5.41) is 4.13. The Labute approximate surface area is 168 Å². The van der Waals surface area contributed by atoms with Crippen molar-refractivity contribution >= 4 is 28.1 Å². The zero-order valence-corrected chi connectivity index (χ0v) is 17.5. The highest BCUT2D eigenvalue weighted by molar-refractivity contribution is 9.10. The van der Waals surface area contributed by atoms with Gasteiger partial charge in [0, 0.05) is 32.7 Å². The summed E-state index contributed by atoms with van der Waals surface area (Å²) in [4.78, 5) is 12.2. The molecule has 27 heavy (non-hydrogen) atoms. The van der Waals surface area contributed by atoms with E-state index in [4.69, 9.17) is 0 Å². The molecule has 1 heterocycles. The number of amides is 1. The largest absolute Gasteiger partial charge is 0.318 e. The third kappa shape index (κ3) is 4.37. The molecule has 5 heteroatoms. The number of hydrogen-bond acceptors (Lipinski definition) is 2. The summed E-state index contributed by atoms with van der Waals surface area (Å²) in [5.74, 6) is -0.234. The summed E-state index contributed by atoms with van der Waals surface area (Å²) >= 11 is 3.36. The molecule has 0 spiro atoms. The number of rotatable bonds is 4. The minimum absolute atomic E-state index is 0.234. The van der Waals surface area contributed by atoms with Crippen LogP contribution in [0.1, 0.15) is 38.4 Å². The van der Waals surface area contributed by atoms with Crippen LogP contribution < -0.4 is 5.43 Å². The highest BCUT2D eigenvalue weighted by Crippen LogP contribution is 2.22. The molecule has 0 saturated heterocycles. The van der Waals surface area contributed by atoms with Crippen LogP contribution in [-0.4, -0.2) is 16.7 Å². The number of nitrogens with one attached hydrogen (secondary N) is 1. The van der Waals surface area contributed by atoms with Crippen LogP contribution in [0.15, 0.2) is 58.1 Å². The first-order valence-electron chi connectivity index (χ1n) is 8.72.